The minimum absolute atomic E-state index is 0.211. The molecule has 5 heteroatoms. The molecule has 2 rings (SSSR count). The molecule has 1 aromatic carbocycles. The largest absolute Gasteiger partial charge is 0.330 e. The van der Waals surface area contributed by atoms with Crippen molar-refractivity contribution in [3.8, 4) is 11.3 Å². The number of hydrogen-bond acceptors (Lipinski definition) is 2. The van der Waals surface area contributed by atoms with Crippen LogP contribution < -0.4 is 0 Å². The molecule has 0 unspecified atom stereocenters. The van der Waals surface area contributed by atoms with Crippen LogP contribution in [0, 0.1) is 12.7 Å². The Morgan fingerprint density at radius 1 is 1.50 bits per heavy atom. The second kappa shape index (κ2) is 4.17. The molecule has 0 spiro atoms. The van der Waals surface area contributed by atoms with Crippen molar-refractivity contribution in [3.05, 3.63) is 40.0 Å². The molecule has 0 amide bonds. The zero-order valence-electron chi connectivity index (χ0n) is 8.42. The third-order valence-electron chi connectivity index (χ3n) is 2.23. The first-order chi connectivity index (χ1) is 7.61. The highest BCUT2D eigenvalue weighted by Gasteiger charge is 2.11. The van der Waals surface area contributed by atoms with Crippen LogP contribution in [0.5, 0.6) is 0 Å². The summed E-state index contributed by atoms with van der Waals surface area (Å²) in [5.74, 6) is -0.0806. The van der Waals surface area contributed by atoms with Gasteiger partial charge in [-0.05, 0) is 34.5 Å². The van der Waals surface area contributed by atoms with E-state index in [4.69, 9.17) is 0 Å². The maximum atomic E-state index is 13.4. The predicted molar refractivity (Wildman–Crippen MR) is 61.8 cm³/mol. The van der Waals surface area contributed by atoms with E-state index in [0.29, 0.717) is 27.7 Å². The number of halogens is 2. The topological polar surface area (TPSA) is 45.8 Å². The van der Waals surface area contributed by atoms with E-state index in [1.807, 2.05) is 0 Å². The summed E-state index contributed by atoms with van der Waals surface area (Å²) in [6.07, 6.45) is 0.610. The Kier molecular flexibility index (Phi) is 2.87. The van der Waals surface area contributed by atoms with Crippen molar-refractivity contribution in [1.29, 1.82) is 0 Å². The van der Waals surface area contributed by atoms with Gasteiger partial charge in [0.15, 0.2) is 12.1 Å². The van der Waals surface area contributed by atoms with Crippen LogP contribution in [0.2, 0.25) is 0 Å². The Bertz CT molecular complexity index is 551. The molecule has 0 bridgehead atoms. The van der Waals surface area contributed by atoms with E-state index in [1.165, 1.54) is 6.07 Å². The summed E-state index contributed by atoms with van der Waals surface area (Å²) in [5.41, 5.74) is 1.73. The van der Waals surface area contributed by atoms with E-state index in [-0.39, 0.29) is 11.6 Å². The van der Waals surface area contributed by atoms with E-state index in [2.05, 4.69) is 25.9 Å². The van der Waals surface area contributed by atoms with Gasteiger partial charge in [-0.15, -0.1) is 0 Å². The number of rotatable bonds is 2. The molecule has 0 saturated carbocycles. The van der Waals surface area contributed by atoms with Crippen LogP contribution in [0.3, 0.4) is 0 Å². The number of aromatic nitrogens is 2. The van der Waals surface area contributed by atoms with Gasteiger partial charge in [0, 0.05) is 5.56 Å². The SMILES string of the molecule is Cc1ccc(-c2nc(C=O)[nH]c2Br)cc1F. The van der Waals surface area contributed by atoms with Gasteiger partial charge in [-0.1, -0.05) is 12.1 Å². The lowest BCUT2D eigenvalue weighted by molar-refractivity contribution is 0.111. The molecule has 1 aromatic heterocycles. The minimum atomic E-state index is -0.292. The fraction of sp³-hybridized carbons (Fsp3) is 0.0909. The summed E-state index contributed by atoms with van der Waals surface area (Å²) in [7, 11) is 0. The Hall–Kier alpha value is -1.49. The van der Waals surface area contributed by atoms with Gasteiger partial charge in [0.05, 0.1) is 0 Å². The first-order valence-electron chi connectivity index (χ1n) is 4.59. The summed E-state index contributed by atoms with van der Waals surface area (Å²) < 4.78 is 13.9. The van der Waals surface area contributed by atoms with Crippen LogP contribution in [0.1, 0.15) is 16.2 Å². The lowest BCUT2D eigenvalue weighted by Crippen LogP contribution is -1.86. The fourth-order valence-electron chi connectivity index (χ4n) is 1.36. The fourth-order valence-corrected chi connectivity index (χ4v) is 1.88. The number of imidazole rings is 1. The maximum Gasteiger partial charge on any atom is 0.185 e. The number of hydrogen-bond donors (Lipinski definition) is 1. The van der Waals surface area contributed by atoms with E-state index >= 15 is 0 Å². The normalized spacial score (nSPS) is 10.4. The Labute approximate surface area is 99.8 Å². The zero-order chi connectivity index (χ0) is 11.7. The highest BCUT2D eigenvalue weighted by molar-refractivity contribution is 9.10. The Morgan fingerprint density at radius 2 is 2.25 bits per heavy atom. The van der Waals surface area contributed by atoms with Gasteiger partial charge in [0.25, 0.3) is 0 Å². The number of aromatic amines is 1. The molecule has 16 heavy (non-hydrogen) atoms. The van der Waals surface area contributed by atoms with Crippen LogP contribution in [-0.2, 0) is 0 Å². The molecule has 0 radical (unpaired) electrons. The van der Waals surface area contributed by atoms with E-state index in [1.54, 1.807) is 19.1 Å². The van der Waals surface area contributed by atoms with Gasteiger partial charge in [0.2, 0.25) is 0 Å². The summed E-state index contributed by atoms with van der Waals surface area (Å²) in [6, 6.07) is 4.82. The average Bonchev–Trinajstić information content (AvgIpc) is 2.64. The molecular formula is C11H8BrFN2O. The third kappa shape index (κ3) is 1.90. The number of benzene rings is 1. The van der Waals surface area contributed by atoms with Crippen LogP contribution in [-0.4, -0.2) is 16.3 Å². The first kappa shape index (κ1) is 11.0. The first-order valence-corrected chi connectivity index (χ1v) is 5.38. The second-order valence-corrected chi connectivity index (χ2v) is 4.16. The predicted octanol–water partition coefficient (Wildman–Crippen LogP) is 3.10. The number of carbonyl (C=O) groups is 1. The lowest BCUT2D eigenvalue weighted by Gasteiger charge is -2.00. The minimum Gasteiger partial charge on any atom is -0.330 e. The molecule has 0 aliphatic rings. The number of nitrogens with zero attached hydrogens (tertiary/aromatic N) is 1. The van der Waals surface area contributed by atoms with E-state index < -0.39 is 0 Å². The van der Waals surface area contributed by atoms with E-state index in [0.717, 1.165) is 0 Å². The summed E-state index contributed by atoms with van der Waals surface area (Å²) in [6.45, 7) is 1.69. The molecule has 0 aliphatic carbocycles. The summed E-state index contributed by atoms with van der Waals surface area (Å²) in [4.78, 5) is 17.3. The van der Waals surface area contributed by atoms with Crippen molar-refractivity contribution in [2.75, 3.05) is 0 Å². The zero-order valence-corrected chi connectivity index (χ0v) is 10.0. The molecule has 2 aromatic rings. The van der Waals surface area contributed by atoms with Gasteiger partial charge in [-0.25, -0.2) is 9.37 Å². The highest BCUT2D eigenvalue weighted by Crippen LogP contribution is 2.26. The molecule has 0 aliphatic heterocycles. The lowest BCUT2D eigenvalue weighted by atomic mass is 10.1. The summed E-state index contributed by atoms with van der Waals surface area (Å²) in [5, 5.41) is 0. The van der Waals surface area contributed by atoms with Crippen molar-refractivity contribution in [1.82, 2.24) is 9.97 Å². The van der Waals surface area contributed by atoms with Crippen LogP contribution in [0.25, 0.3) is 11.3 Å². The number of nitrogens with one attached hydrogen (secondary N) is 1. The molecule has 3 nitrogen and oxygen atoms in total. The van der Waals surface area contributed by atoms with Crippen molar-refractivity contribution < 1.29 is 9.18 Å². The number of aryl methyl sites for hydroxylation is 1. The second-order valence-electron chi connectivity index (χ2n) is 3.37. The molecule has 0 saturated heterocycles. The van der Waals surface area contributed by atoms with Gasteiger partial charge < -0.3 is 4.98 Å². The Balaban J connectivity index is 2.53. The maximum absolute atomic E-state index is 13.4. The number of aldehydes is 1. The quantitative estimate of drug-likeness (QED) is 0.861. The molecule has 0 fully saturated rings. The van der Waals surface area contributed by atoms with Crippen LogP contribution >= 0.6 is 15.9 Å². The smallest absolute Gasteiger partial charge is 0.185 e. The van der Waals surface area contributed by atoms with Crippen molar-refractivity contribution >= 4 is 22.2 Å². The number of H-pyrrole nitrogens is 1. The Morgan fingerprint density at radius 3 is 2.81 bits per heavy atom. The highest BCUT2D eigenvalue weighted by atomic mass is 79.9. The van der Waals surface area contributed by atoms with Crippen molar-refractivity contribution in [2.24, 2.45) is 0 Å². The van der Waals surface area contributed by atoms with Crippen LogP contribution in [0.4, 0.5) is 4.39 Å². The van der Waals surface area contributed by atoms with Crippen molar-refractivity contribution in [2.45, 2.75) is 6.92 Å². The summed E-state index contributed by atoms with van der Waals surface area (Å²) >= 11 is 3.24. The van der Waals surface area contributed by atoms with Gasteiger partial charge >= 0.3 is 0 Å². The van der Waals surface area contributed by atoms with Crippen LogP contribution in [0.15, 0.2) is 22.8 Å². The average molecular weight is 283 g/mol. The molecule has 1 N–H and O–H groups in total. The molecule has 1 heterocycles. The third-order valence-corrected chi connectivity index (χ3v) is 2.81. The van der Waals surface area contributed by atoms with Gasteiger partial charge in [0.1, 0.15) is 16.1 Å². The molecule has 0 atom stereocenters. The molecular weight excluding hydrogens is 275 g/mol. The number of carbonyl (C=O) groups excluding carboxylic acids is 1. The standard InChI is InChI=1S/C11H8BrFN2O/c1-6-2-3-7(4-8(6)13)10-11(12)15-9(5-16)14-10/h2-5H,1H3,(H,14,15). The van der Waals surface area contributed by atoms with E-state index in [9.17, 15) is 9.18 Å². The van der Waals surface area contributed by atoms with Crippen molar-refractivity contribution in [3.63, 3.8) is 0 Å². The monoisotopic (exact) mass is 282 g/mol. The van der Waals surface area contributed by atoms with Gasteiger partial charge in [-0.3, -0.25) is 4.79 Å². The van der Waals surface area contributed by atoms with Gasteiger partial charge in [-0.2, -0.15) is 0 Å². The molecule has 82 valence electrons.